The molecule has 0 aromatic carbocycles. The molecule has 3 heterocycles. The number of fused-ring (bicyclic) bond motifs is 1. The second-order valence-electron chi connectivity index (χ2n) is 6.13. The Morgan fingerprint density at radius 2 is 1.82 bits per heavy atom. The summed E-state index contributed by atoms with van der Waals surface area (Å²) < 4.78 is 0. The van der Waals surface area contributed by atoms with Crippen molar-refractivity contribution in [3.05, 3.63) is 0 Å². The molecule has 0 bridgehead atoms. The molecule has 0 amide bonds. The van der Waals surface area contributed by atoms with Crippen molar-refractivity contribution in [2.75, 3.05) is 45.8 Å². The molecule has 98 valence electrons. The maximum atomic E-state index is 3.45. The van der Waals surface area contributed by atoms with Gasteiger partial charge in [0.2, 0.25) is 0 Å². The van der Waals surface area contributed by atoms with Gasteiger partial charge in [-0.1, -0.05) is 6.42 Å². The molecule has 3 heteroatoms. The van der Waals surface area contributed by atoms with Crippen LogP contribution in [0.15, 0.2) is 0 Å². The number of hydrogen-bond acceptors (Lipinski definition) is 3. The van der Waals surface area contributed by atoms with Crippen LogP contribution >= 0.6 is 0 Å². The molecule has 0 radical (unpaired) electrons. The minimum absolute atomic E-state index is 0.936. The zero-order valence-corrected chi connectivity index (χ0v) is 11.0. The zero-order valence-electron chi connectivity index (χ0n) is 11.0. The Kier molecular flexibility index (Phi) is 3.99. The highest BCUT2D eigenvalue weighted by Crippen LogP contribution is 2.30. The highest BCUT2D eigenvalue weighted by molar-refractivity contribution is 4.86. The van der Waals surface area contributed by atoms with Gasteiger partial charge in [-0.25, -0.2) is 0 Å². The predicted molar refractivity (Wildman–Crippen MR) is 71.2 cm³/mol. The van der Waals surface area contributed by atoms with Gasteiger partial charge in [0.05, 0.1) is 0 Å². The van der Waals surface area contributed by atoms with E-state index in [1.54, 1.807) is 0 Å². The van der Waals surface area contributed by atoms with Crippen molar-refractivity contribution in [3.63, 3.8) is 0 Å². The number of rotatable bonds is 2. The minimum Gasteiger partial charge on any atom is -0.314 e. The zero-order chi connectivity index (χ0) is 11.5. The van der Waals surface area contributed by atoms with Gasteiger partial charge in [-0.3, -0.25) is 0 Å². The predicted octanol–water partition coefficient (Wildman–Crippen LogP) is 1.16. The molecule has 3 aliphatic heterocycles. The number of nitrogens with one attached hydrogen (secondary N) is 1. The van der Waals surface area contributed by atoms with E-state index in [4.69, 9.17) is 0 Å². The molecule has 3 aliphatic rings. The molecule has 17 heavy (non-hydrogen) atoms. The van der Waals surface area contributed by atoms with Gasteiger partial charge >= 0.3 is 0 Å². The van der Waals surface area contributed by atoms with Gasteiger partial charge in [-0.2, -0.15) is 0 Å². The lowest BCUT2D eigenvalue weighted by Gasteiger charge is -2.44. The molecule has 0 aromatic heterocycles. The molecule has 1 N–H and O–H groups in total. The molecule has 0 aliphatic carbocycles. The lowest BCUT2D eigenvalue weighted by Crippen LogP contribution is -2.50. The molecule has 3 saturated heterocycles. The highest BCUT2D eigenvalue weighted by atomic mass is 15.2. The highest BCUT2D eigenvalue weighted by Gasteiger charge is 2.30. The molecule has 3 fully saturated rings. The lowest BCUT2D eigenvalue weighted by atomic mass is 9.85. The van der Waals surface area contributed by atoms with Gasteiger partial charge in [-0.05, 0) is 44.7 Å². The summed E-state index contributed by atoms with van der Waals surface area (Å²) in [6, 6.07) is 0.936. The topological polar surface area (TPSA) is 18.5 Å². The second-order valence-corrected chi connectivity index (χ2v) is 6.13. The van der Waals surface area contributed by atoms with Crippen LogP contribution in [-0.4, -0.2) is 61.7 Å². The van der Waals surface area contributed by atoms with E-state index >= 15 is 0 Å². The van der Waals surface area contributed by atoms with Crippen LogP contribution in [-0.2, 0) is 0 Å². The lowest BCUT2D eigenvalue weighted by molar-refractivity contribution is 0.0618. The summed E-state index contributed by atoms with van der Waals surface area (Å²) in [5, 5.41) is 3.45. The van der Waals surface area contributed by atoms with E-state index < -0.39 is 0 Å². The minimum atomic E-state index is 0.936. The molecule has 2 atom stereocenters. The van der Waals surface area contributed by atoms with Crippen molar-refractivity contribution in [3.8, 4) is 0 Å². The van der Waals surface area contributed by atoms with Crippen molar-refractivity contribution >= 4 is 0 Å². The SMILES string of the molecule is C1CCN2CCC(CN3CCNCC3)CC2C1. The Balaban J connectivity index is 1.48. The van der Waals surface area contributed by atoms with Crippen LogP contribution in [0.3, 0.4) is 0 Å². The van der Waals surface area contributed by atoms with Gasteiger partial charge in [0.1, 0.15) is 0 Å². The fourth-order valence-corrected chi connectivity index (χ4v) is 3.90. The van der Waals surface area contributed by atoms with Gasteiger partial charge < -0.3 is 15.1 Å². The Morgan fingerprint density at radius 3 is 2.71 bits per heavy atom. The van der Waals surface area contributed by atoms with E-state index in [0.29, 0.717) is 0 Å². The van der Waals surface area contributed by atoms with Gasteiger partial charge in [0, 0.05) is 38.8 Å². The first-order valence-corrected chi connectivity index (χ1v) is 7.59. The van der Waals surface area contributed by atoms with E-state index in [-0.39, 0.29) is 0 Å². The van der Waals surface area contributed by atoms with Crippen LogP contribution in [0.1, 0.15) is 32.1 Å². The van der Waals surface area contributed by atoms with Gasteiger partial charge in [0.15, 0.2) is 0 Å². The van der Waals surface area contributed by atoms with Crippen molar-refractivity contribution in [2.24, 2.45) is 5.92 Å². The van der Waals surface area contributed by atoms with Crippen LogP contribution in [0, 0.1) is 5.92 Å². The molecule has 2 unspecified atom stereocenters. The first-order chi connectivity index (χ1) is 8.42. The van der Waals surface area contributed by atoms with E-state index in [1.165, 1.54) is 77.9 Å². The van der Waals surface area contributed by atoms with Crippen LogP contribution in [0.4, 0.5) is 0 Å². The summed E-state index contributed by atoms with van der Waals surface area (Å²) in [5.41, 5.74) is 0. The van der Waals surface area contributed by atoms with E-state index in [0.717, 1.165) is 12.0 Å². The first-order valence-electron chi connectivity index (χ1n) is 7.59. The molecular weight excluding hydrogens is 210 g/mol. The largest absolute Gasteiger partial charge is 0.314 e. The smallest absolute Gasteiger partial charge is 0.0107 e. The Bertz CT molecular complexity index is 236. The third-order valence-electron chi connectivity index (χ3n) is 4.91. The van der Waals surface area contributed by atoms with Gasteiger partial charge in [-0.15, -0.1) is 0 Å². The molecule has 3 nitrogen and oxygen atoms in total. The van der Waals surface area contributed by atoms with Crippen molar-refractivity contribution < 1.29 is 0 Å². The second kappa shape index (κ2) is 5.68. The maximum absolute atomic E-state index is 3.45. The number of nitrogens with zero attached hydrogens (tertiary/aromatic N) is 2. The standard InChI is InChI=1S/C14H27N3/c1-2-7-17-8-4-13(11-14(17)3-1)12-16-9-5-15-6-10-16/h13-15H,1-12H2. The molecule has 0 spiro atoms. The molecule has 0 aromatic rings. The van der Waals surface area contributed by atoms with E-state index in [1.807, 2.05) is 0 Å². The molecule has 3 rings (SSSR count). The summed E-state index contributed by atoms with van der Waals surface area (Å²) >= 11 is 0. The van der Waals surface area contributed by atoms with Crippen molar-refractivity contribution in [1.29, 1.82) is 0 Å². The van der Waals surface area contributed by atoms with Crippen LogP contribution in [0.5, 0.6) is 0 Å². The van der Waals surface area contributed by atoms with E-state index in [9.17, 15) is 0 Å². The Morgan fingerprint density at radius 1 is 0.941 bits per heavy atom. The van der Waals surface area contributed by atoms with Gasteiger partial charge in [0.25, 0.3) is 0 Å². The average molecular weight is 237 g/mol. The average Bonchev–Trinajstić information content (AvgIpc) is 2.40. The normalized spacial score (nSPS) is 36.7. The van der Waals surface area contributed by atoms with Crippen LogP contribution in [0.25, 0.3) is 0 Å². The summed E-state index contributed by atoms with van der Waals surface area (Å²) in [5.74, 6) is 0.979. The number of piperazine rings is 1. The van der Waals surface area contributed by atoms with Crippen molar-refractivity contribution in [2.45, 2.75) is 38.1 Å². The van der Waals surface area contributed by atoms with Crippen molar-refractivity contribution in [1.82, 2.24) is 15.1 Å². The maximum Gasteiger partial charge on any atom is 0.0107 e. The Hall–Kier alpha value is -0.120. The summed E-state index contributed by atoms with van der Waals surface area (Å²) in [7, 11) is 0. The summed E-state index contributed by atoms with van der Waals surface area (Å²) in [4.78, 5) is 5.44. The van der Waals surface area contributed by atoms with E-state index in [2.05, 4.69) is 15.1 Å². The Labute approximate surface area is 106 Å². The monoisotopic (exact) mass is 237 g/mol. The summed E-state index contributed by atoms with van der Waals surface area (Å²) in [6.45, 7) is 9.05. The first kappa shape index (κ1) is 11.9. The van der Waals surface area contributed by atoms with Crippen LogP contribution in [0.2, 0.25) is 0 Å². The van der Waals surface area contributed by atoms with Crippen LogP contribution < -0.4 is 5.32 Å². The fraction of sp³-hybridized carbons (Fsp3) is 1.00. The fourth-order valence-electron chi connectivity index (χ4n) is 3.90. The quantitative estimate of drug-likeness (QED) is 0.777. The third-order valence-corrected chi connectivity index (χ3v) is 4.91. The molecule has 0 saturated carbocycles. The molecular formula is C14H27N3. The third kappa shape index (κ3) is 3.01. The number of hydrogen-bond donors (Lipinski definition) is 1. The number of piperidine rings is 2. The summed E-state index contributed by atoms with van der Waals surface area (Å²) in [6.07, 6.45) is 7.31.